The summed E-state index contributed by atoms with van der Waals surface area (Å²) in [5.74, 6) is 1.78. The lowest BCUT2D eigenvalue weighted by Crippen LogP contribution is -2.30. The van der Waals surface area contributed by atoms with Gasteiger partial charge in [-0.25, -0.2) is 0 Å². The number of hydrogen-bond donors (Lipinski definition) is 0. The van der Waals surface area contributed by atoms with E-state index in [1.165, 1.54) is 12.8 Å². The number of carbonyl (C=O) groups is 1. The highest BCUT2D eigenvalue weighted by atomic mass is 16.5. The molecular formula is C11H18O2. The van der Waals surface area contributed by atoms with Gasteiger partial charge in [-0.1, -0.05) is 6.92 Å². The lowest BCUT2D eigenvalue weighted by molar-refractivity contribution is -0.127. The Kier molecular flexibility index (Phi) is 2.68. The van der Waals surface area contributed by atoms with E-state index in [-0.39, 0.29) is 6.10 Å². The monoisotopic (exact) mass is 182 g/mol. The molecule has 0 radical (unpaired) electrons. The Labute approximate surface area is 79.7 Å². The molecule has 2 unspecified atom stereocenters. The van der Waals surface area contributed by atoms with Gasteiger partial charge >= 0.3 is 0 Å². The number of hydrogen-bond acceptors (Lipinski definition) is 2. The summed E-state index contributed by atoms with van der Waals surface area (Å²) in [4.78, 5) is 11.2. The fourth-order valence-electron chi connectivity index (χ4n) is 1.87. The smallest absolute Gasteiger partial charge is 0.135 e. The van der Waals surface area contributed by atoms with Crippen LogP contribution < -0.4 is 0 Å². The molecule has 2 aliphatic rings. The van der Waals surface area contributed by atoms with Gasteiger partial charge in [0.05, 0.1) is 6.10 Å². The van der Waals surface area contributed by atoms with Gasteiger partial charge in [0.2, 0.25) is 0 Å². The van der Waals surface area contributed by atoms with E-state index in [1.54, 1.807) is 0 Å². The van der Waals surface area contributed by atoms with Gasteiger partial charge in [-0.15, -0.1) is 0 Å². The van der Waals surface area contributed by atoms with Crippen molar-refractivity contribution in [2.24, 2.45) is 11.8 Å². The third kappa shape index (κ3) is 2.53. The zero-order chi connectivity index (χ0) is 9.26. The normalized spacial score (nSPS) is 35.0. The Morgan fingerprint density at radius 3 is 2.85 bits per heavy atom. The molecule has 2 rings (SSSR count). The van der Waals surface area contributed by atoms with Crippen LogP contribution in [0.2, 0.25) is 0 Å². The zero-order valence-corrected chi connectivity index (χ0v) is 8.29. The molecule has 2 atom stereocenters. The van der Waals surface area contributed by atoms with E-state index in [9.17, 15) is 4.79 Å². The SMILES string of the molecule is CC1CCC(=O)CC1OCC1CC1. The second-order valence-electron chi connectivity index (χ2n) is 4.57. The second kappa shape index (κ2) is 3.79. The molecule has 0 heterocycles. The van der Waals surface area contributed by atoms with E-state index < -0.39 is 0 Å². The molecule has 0 N–H and O–H groups in total. The highest BCUT2D eigenvalue weighted by Crippen LogP contribution is 2.31. The molecule has 0 saturated heterocycles. The summed E-state index contributed by atoms with van der Waals surface area (Å²) in [5, 5.41) is 0. The molecule has 0 amide bonds. The highest BCUT2D eigenvalue weighted by molar-refractivity contribution is 5.79. The molecule has 0 spiro atoms. The van der Waals surface area contributed by atoms with Gasteiger partial charge in [0, 0.05) is 19.4 Å². The highest BCUT2D eigenvalue weighted by Gasteiger charge is 2.29. The number of ether oxygens (including phenoxy) is 1. The van der Waals surface area contributed by atoms with Crippen LogP contribution in [0, 0.1) is 11.8 Å². The van der Waals surface area contributed by atoms with Crippen molar-refractivity contribution in [2.75, 3.05) is 6.61 Å². The maximum atomic E-state index is 11.2. The molecule has 2 heteroatoms. The quantitative estimate of drug-likeness (QED) is 0.668. The Morgan fingerprint density at radius 1 is 1.38 bits per heavy atom. The van der Waals surface area contributed by atoms with Gasteiger partial charge < -0.3 is 4.74 Å². The van der Waals surface area contributed by atoms with E-state index in [4.69, 9.17) is 4.74 Å². The topological polar surface area (TPSA) is 26.3 Å². The first-order valence-electron chi connectivity index (χ1n) is 5.39. The summed E-state index contributed by atoms with van der Waals surface area (Å²) in [5.41, 5.74) is 0. The van der Waals surface area contributed by atoms with Crippen LogP contribution in [-0.2, 0) is 9.53 Å². The van der Waals surface area contributed by atoms with Gasteiger partial charge in [-0.3, -0.25) is 4.79 Å². The average molecular weight is 182 g/mol. The lowest BCUT2D eigenvalue weighted by atomic mass is 9.87. The van der Waals surface area contributed by atoms with Gasteiger partial charge in [-0.05, 0) is 31.1 Å². The number of rotatable bonds is 3. The van der Waals surface area contributed by atoms with E-state index >= 15 is 0 Å². The molecule has 0 bridgehead atoms. The fraction of sp³-hybridized carbons (Fsp3) is 0.909. The van der Waals surface area contributed by atoms with Crippen LogP contribution in [0.15, 0.2) is 0 Å². The lowest BCUT2D eigenvalue weighted by Gasteiger charge is -2.27. The first-order chi connectivity index (χ1) is 6.25. The third-order valence-corrected chi connectivity index (χ3v) is 3.18. The molecule has 0 aromatic rings. The standard InChI is InChI=1S/C11H18O2/c1-8-2-5-10(12)6-11(8)13-7-9-3-4-9/h8-9,11H,2-7H2,1H3. The van der Waals surface area contributed by atoms with Crippen LogP contribution in [0.5, 0.6) is 0 Å². The minimum Gasteiger partial charge on any atom is -0.377 e. The minimum absolute atomic E-state index is 0.224. The van der Waals surface area contributed by atoms with Crippen LogP contribution in [0.4, 0.5) is 0 Å². The molecule has 2 nitrogen and oxygen atoms in total. The third-order valence-electron chi connectivity index (χ3n) is 3.18. The van der Waals surface area contributed by atoms with Crippen LogP contribution >= 0.6 is 0 Å². The van der Waals surface area contributed by atoms with Crippen molar-refractivity contribution in [3.63, 3.8) is 0 Å². The second-order valence-corrected chi connectivity index (χ2v) is 4.57. The van der Waals surface area contributed by atoms with E-state index in [1.807, 2.05) is 0 Å². The van der Waals surface area contributed by atoms with Crippen molar-refractivity contribution in [2.45, 2.75) is 45.1 Å². The molecule has 0 aliphatic heterocycles. The molecule has 2 fully saturated rings. The molecule has 13 heavy (non-hydrogen) atoms. The van der Waals surface area contributed by atoms with Crippen molar-refractivity contribution in [1.82, 2.24) is 0 Å². The van der Waals surface area contributed by atoms with Crippen molar-refractivity contribution < 1.29 is 9.53 Å². The van der Waals surface area contributed by atoms with Crippen LogP contribution in [0.3, 0.4) is 0 Å². The molecule has 74 valence electrons. The Morgan fingerprint density at radius 2 is 2.15 bits per heavy atom. The van der Waals surface area contributed by atoms with Crippen molar-refractivity contribution in [3.8, 4) is 0 Å². The van der Waals surface area contributed by atoms with Crippen LogP contribution in [0.1, 0.15) is 39.0 Å². The van der Waals surface area contributed by atoms with E-state index in [2.05, 4.69) is 6.92 Å². The summed E-state index contributed by atoms with van der Waals surface area (Å²) < 4.78 is 5.77. The maximum absolute atomic E-state index is 11.2. The Bertz CT molecular complexity index is 196. The van der Waals surface area contributed by atoms with E-state index in [0.29, 0.717) is 18.1 Å². The van der Waals surface area contributed by atoms with Crippen LogP contribution in [0.25, 0.3) is 0 Å². The van der Waals surface area contributed by atoms with Crippen molar-refractivity contribution in [3.05, 3.63) is 0 Å². The van der Waals surface area contributed by atoms with Gasteiger partial charge in [0.1, 0.15) is 5.78 Å². The summed E-state index contributed by atoms with van der Waals surface area (Å²) in [6.45, 7) is 3.09. The molecule has 2 aliphatic carbocycles. The minimum atomic E-state index is 0.224. The summed E-state index contributed by atoms with van der Waals surface area (Å²) in [6, 6.07) is 0. The predicted octanol–water partition coefficient (Wildman–Crippen LogP) is 2.17. The van der Waals surface area contributed by atoms with Gasteiger partial charge in [0.25, 0.3) is 0 Å². The van der Waals surface area contributed by atoms with Gasteiger partial charge in [-0.2, -0.15) is 0 Å². The Balaban J connectivity index is 1.76. The number of Topliss-reactive ketones (excluding diaryl/α,β-unsaturated/α-hetero) is 1. The summed E-state index contributed by atoms with van der Waals surface area (Å²) in [7, 11) is 0. The predicted molar refractivity (Wildman–Crippen MR) is 50.5 cm³/mol. The molecule has 0 aromatic heterocycles. The van der Waals surface area contributed by atoms with Crippen molar-refractivity contribution in [1.29, 1.82) is 0 Å². The fourth-order valence-corrected chi connectivity index (χ4v) is 1.87. The molecule has 2 saturated carbocycles. The number of ketones is 1. The maximum Gasteiger partial charge on any atom is 0.135 e. The Hall–Kier alpha value is -0.370. The number of carbonyl (C=O) groups excluding carboxylic acids is 1. The largest absolute Gasteiger partial charge is 0.377 e. The summed E-state index contributed by atoms with van der Waals surface area (Å²) >= 11 is 0. The molecule has 0 aromatic carbocycles. The summed E-state index contributed by atoms with van der Waals surface area (Å²) in [6.07, 6.45) is 5.33. The first kappa shape index (κ1) is 9.20. The average Bonchev–Trinajstić information content (AvgIpc) is 2.90. The van der Waals surface area contributed by atoms with Crippen molar-refractivity contribution >= 4 is 5.78 Å². The zero-order valence-electron chi connectivity index (χ0n) is 8.29. The van der Waals surface area contributed by atoms with E-state index in [0.717, 1.165) is 25.4 Å². The van der Waals surface area contributed by atoms with Gasteiger partial charge in [0.15, 0.2) is 0 Å². The van der Waals surface area contributed by atoms with Crippen LogP contribution in [-0.4, -0.2) is 18.5 Å². The molecular weight excluding hydrogens is 164 g/mol. The first-order valence-corrected chi connectivity index (χ1v) is 5.39.